The molecule has 32 heavy (non-hydrogen) atoms. The third-order valence-electron chi connectivity index (χ3n) is 5.68. The Balaban J connectivity index is 1.47. The maximum absolute atomic E-state index is 12.9. The molecule has 3 amide bonds. The number of aromatic nitrogens is 2. The number of piperazine rings is 1. The first-order valence-corrected chi connectivity index (χ1v) is 10.6. The molecule has 4 rings (SSSR count). The van der Waals surface area contributed by atoms with Gasteiger partial charge in [0, 0.05) is 42.7 Å². The van der Waals surface area contributed by atoms with Gasteiger partial charge < -0.3 is 20.5 Å². The van der Waals surface area contributed by atoms with E-state index in [-0.39, 0.29) is 11.8 Å². The van der Waals surface area contributed by atoms with Crippen molar-refractivity contribution in [2.45, 2.75) is 20.8 Å². The van der Waals surface area contributed by atoms with Crippen molar-refractivity contribution < 1.29 is 14.4 Å². The van der Waals surface area contributed by atoms with E-state index < -0.39 is 11.3 Å². The third-order valence-corrected chi connectivity index (χ3v) is 5.68. The topological polar surface area (TPSA) is 112 Å². The van der Waals surface area contributed by atoms with Gasteiger partial charge in [0.2, 0.25) is 5.91 Å². The van der Waals surface area contributed by atoms with E-state index >= 15 is 0 Å². The molecule has 8 nitrogen and oxygen atoms in total. The molecule has 0 aliphatic carbocycles. The Kier molecular flexibility index (Phi) is 5.46. The summed E-state index contributed by atoms with van der Waals surface area (Å²) in [4.78, 5) is 48.3. The number of benzene rings is 2. The van der Waals surface area contributed by atoms with Crippen LogP contribution in [0, 0.1) is 5.41 Å². The quantitative estimate of drug-likeness (QED) is 0.661. The van der Waals surface area contributed by atoms with Crippen LogP contribution in [0.15, 0.2) is 42.5 Å². The summed E-state index contributed by atoms with van der Waals surface area (Å²) in [5.41, 5.74) is 8.01. The number of nitrogens with zero attached hydrogens (tertiary/aromatic N) is 3. The first-order chi connectivity index (χ1) is 15.1. The second kappa shape index (κ2) is 8.11. The number of nitrogens with one attached hydrogen (secondary N) is 1. The predicted molar refractivity (Wildman–Crippen MR) is 122 cm³/mol. The summed E-state index contributed by atoms with van der Waals surface area (Å²) in [5.74, 6) is 0.125. The van der Waals surface area contributed by atoms with E-state index in [2.05, 4.69) is 9.97 Å². The second-order valence-corrected chi connectivity index (χ2v) is 9.06. The summed E-state index contributed by atoms with van der Waals surface area (Å²) in [6, 6.07) is 12.4. The number of imidazole rings is 1. The zero-order valence-electron chi connectivity index (χ0n) is 18.5. The molecule has 2 heterocycles. The molecule has 0 bridgehead atoms. The standard InChI is InChI=1S/C24H27N5O3/c1-24(2,3)23(32)29-13-11-28(12-14-29)22(31)16-9-7-15(8-10-16)21-26-18-6-4-5-17(20(25)30)19(18)27-21/h4-10H,11-14H2,1-3H3,(H2,25,30)(H,26,27). The van der Waals surface area contributed by atoms with E-state index in [4.69, 9.17) is 5.73 Å². The molecule has 0 radical (unpaired) electrons. The van der Waals surface area contributed by atoms with Crippen LogP contribution >= 0.6 is 0 Å². The Morgan fingerprint density at radius 2 is 1.56 bits per heavy atom. The first kappa shape index (κ1) is 21.5. The van der Waals surface area contributed by atoms with Crippen molar-refractivity contribution in [3.05, 3.63) is 53.6 Å². The number of H-pyrrole nitrogens is 1. The van der Waals surface area contributed by atoms with Gasteiger partial charge in [-0.15, -0.1) is 0 Å². The van der Waals surface area contributed by atoms with E-state index in [1.165, 1.54) is 0 Å². The predicted octanol–water partition coefficient (Wildman–Crippen LogP) is 2.66. The zero-order chi connectivity index (χ0) is 23.0. The third kappa shape index (κ3) is 4.08. The minimum atomic E-state index is -0.529. The number of nitrogens with two attached hydrogens (primary N) is 1. The van der Waals surface area contributed by atoms with Crippen LogP contribution in [0.1, 0.15) is 41.5 Å². The lowest BCUT2D eigenvalue weighted by atomic mass is 9.94. The van der Waals surface area contributed by atoms with Gasteiger partial charge in [0.05, 0.1) is 11.1 Å². The van der Waals surface area contributed by atoms with Gasteiger partial charge in [-0.2, -0.15) is 0 Å². The lowest BCUT2D eigenvalue weighted by Crippen LogP contribution is -2.53. The average molecular weight is 434 g/mol. The number of hydrogen-bond acceptors (Lipinski definition) is 4. The molecule has 2 aromatic carbocycles. The Hall–Kier alpha value is -3.68. The summed E-state index contributed by atoms with van der Waals surface area (Å²) in [5, 5.41) is 0. The fourth-order valence-electron chi connectivity index (χ4n) is 3.91. The van der Waals surface area contributed by atoms with Crippen LogP contribution in [-0.4, -0.2) is 63.7 Å². The van der Waals surface area contributed by atoms with Crippen LogP contribution in [0.25, 0.3) is 22.4 Å². The number of amides is 3. The normalized spacial score (nSPS) is 14.6. The molecule has 1 aromatic heterocycles. The van der Waals surface area contributed by atoms with E-state index in [1.807, 2.05) is 43.9 Å². The minimum absolute atomic E-state index is 0.0555. The molecule has 166 valence electrons. The number of aromatic amines is 1. The average Bonchev–Trinajstić information content (AvgIpc) is 3.22. The van der Waals surface area contributed by atoms with E-state index in [0.29, 0.717) is 48.6 Å². The van der Waals surface area contributed by atoms with Crippen LogP contribution in [0.2, 0.25) is 0 Å². The highest BCUT2D eigenvalue weighted by Crippen LogP contribution is 2.24. The number of primary amides is 1. The number of carbonyl (C=O) groups excluding carboxylic acids is 3. The number of rotatable bonds is 3. The molecule has 1 fully saturated rings. The molecule has 1 aliphatic heterocycles. The summed E-state index contributed by atoms with van der Waals surface area (Å²) in [6.45, 7) is 7.84. The van der Waals surface area contributed by atoms with Crippen molar-refractivity contribution in [3.8, 4) is 11.4 Å². The van der Waals surface area contributed by atoms with Crippen molar-refractivity contribution >= 4 is 28.8 Å². The summed E-state index contributed by atoms with van der Waals surface area (Å²) >= 11 is 0. The fourth-order valence-corrected chi connectivity index (χ4v) is 3.91. The van der Waals surface area contributed by atoms with E-state index in [9.17, 15) is 14.4 Å². The van der Waals surface area contributed by atoms with Crippen LogP contribution < -0.4 is 5.73 Å². The highest BCUT2D eigenvalue weighted by molar-refractivity contribution is 6.04. The number of para-hydroxylation sites is 1. The van der Waals surface area contributed by atoms with E-state index in [0.717, 1.165) is 11.1 Å². The van der Waals surface area contributed by atoms with Gasteiger partial charge in [-0.25, -0.2) is 4.98 Å². The number of hydrogen-bond donors (Lipinski definition) is 2. The molecule has 3 N–H and O–H groups in total. The molecule has 3 aromatic rings. The molecule has 0 saturated carbocycles. The fraction of sp³-hybridized carbons (Fsp3) is 0.333. The molecule has 0 atom stereocenters. The van der Waals surface area contributed by atoms with Gasteiger partial charge in [0.1, 0.15) is 11.3 Å². The maximum atomic E-state index is 12.9. The van der Waals surface area contributed by atoms with Gasteiger partial charge in [-0.05, 0) is 24.3 Å². The summed E-state index contributed by atoms with van der Waals surface area (Å²) in [6.07, 6.45) is 0. The highest BCUT2D eigenvalue weighted by atomic mass is 16.2. The first-order valence-electron chi connectivity index (χ1n) is 10.6. The van der Waals surface area contributed by atoms with Crippen LogP contribution in [-0.2, 0) is 4.79 Å². The van der Waals surface area contributed by atoms with Crippen molar-refractivity contribution in [2.24, 2.45) is 11.1 Å². The van der Waals surface area contributed by atoms with Gasteiger partial charge in [0.15, 0.2) is 0 Å². The van der Waals surface area contributed by atoms with Gasteiger partial charge in [-0.3, -0.25) is 14.4 Å². The molecular formula is C24H27N5O3. The van der Waals surface area contributed by atoms with Crippen LogP contribution in [0.3, 0.4) is 0 Å². The Morgan fingerprint density at radius 3 is 2.16 bits per heavy atom. The summed E-state index contributed by atoms with van der Waals surface area (Å²) < 4.78 is 0. The molecule has 8 heteroatoms. The van der Waals surface area contributed by atoms with E-state index in [1.54, 1.807) is 29.2 Å². The Labute approximate surface area is 186 Å². The number of fused-ring (bicyclic) bond motifs is 1. The largest absolute Gasteiger partial charge is 0.366 e. The van der Waals surface area contributed by atoms with Crippen molar-refractivity contribution in [3.63, 3.8) is 0 Å². The maximum Gasteiger partial charge on any atom is 0.253 e. The van der Waals surface area contributed by atoms with Gasteiger partial charge in [0.25, 0.3) is 11.8 Å². The molecular weight excluding hydrogens is 406 g/mol. The van der Waals surface area contributed by atoms with Crippen LogP contribution in [0.5, 0.6) is 0 Å². The Morgan fingerprint density at radius 1 is 0.938 bits per heavy atom. The molecule has 1 aliphatic rings. The zero-order valence-corrected chi connectivity index (χ0v) is 18.5. The van der Waals surface area contributed by atoms with Crippen LogP contribution in [0.4, 0.5) is 0 Å². The highest BCUT2D eigenvalue weighted by Gasteiger charge is 2.31. The number of carbonyl (C=O) groups is 3. The second-order valence-electron chi connectivity index (χ2n) is 9.06. The smallest absolute Gasteiger partial charge is 0.253 e. The Bertz CT molecular complexity index is 1180. The SMILES string of the molecule is CC(C)(C)C(=O)N1CCN(C(=O)c2ccc(-c3nc4c(C(N)=O)cccc4[nH]3)cc2)CC1. The lowest BCUT2D eigenvalue weighted by Gasteiger charge is -2.37. The molecule has 0 unspecified atom stereocenters. The van der Waals surface area contributed by atoms with Crippen molar-refractivity contribution in [1.82, 2.24) is 19.8 Å². The van der Waals surface area contributed by atoms with Crippen molar-refractivity contribution in [2.75, 3.05) is 26.2 Å². The lowest BCUT2D eigenvalue weighted by molar-refractivity contribution is -0.140. The minimum Gasteiger partial charge on any atom is -0.366 e. The van der Waals surface area contributed by atoms with Gasteiger partial charge in [-0.1, -0.05) is 39.0 Å². The summed E-state index contributed by atoms with van der Waals surface area (Å²) in [7, 11) is 0. The van der Waals surface area contributed by atoms with Crippen molar-refractivity contribution in [1.29, 1.82) is 0 Å². The monoisotopic (exact) mass is 433 g/mol. The molecule has 0 spiro atoms. The van der Waals surface area contributed by atoms with Gasteiger partial charge >= 0.3 is 0 Å². The molecule has 1 saturated heterocycles.